The molecule has 138 valence electrons. The number of para-hydroxylation sites is 1. The Bertz CT molecular complexity index is 914. The zero-order valence-electron chi connectivity index (χ0n) is 13.6. The largest absolute Gasteiger partial charge is 0.379 e. The fourth-order valence-corrected chi connectivity index (χ4v) is 4.79. The maximum absolute atomic E-state index is 12.9. The fourth-order valence-electron chi connectivity index (χ4n) is 2.55. The van der Waals surface area contributed by atoms with Gasteiger partial charge < -0.3 is 10.1 Å². The molecule has 1 heterocycles. The van der Waals surface area contributed by atoms with E-state index in [-0.39, 0.29) is 33.6 Å². The molecule has 1 fully saturated rings. The molecule has 2 aromatic rings. The summed E-state index contributed by atoms with van der Waals surface area (Å²) in [7, 11) is -3.86. The van der Waals surface area contributed by atoms with Crippen LogP contribution in [0.3, 0.4) is 0 Å². The first kappa shape index (κ1) is 19.1. The number of carbonyl (C=O) groups is 1. The van der Waals surface area contributed by atoms with Crippen molar-refractivity contribution in [3.8, 4) is 0 Å². The van der Waals surface area contributed by atoms with Crippen molar-refractivity contribution in [2.24, 2.45) is 0 Å². The van der Waals surface area contributed by atoms with E-state index in [0.717, 1.165) is 0 Å². The zero-order valence-corrected chi connectivity index (χ0v) is 15.9. The molecular weight excluding hydrogens is 399 g/mol. The number of amides is 1. The number of ether oxygens (including phenoxy) is 1. The van der Waals surface area contributed by atoms with E-state index in [1.165, 1.54) is 16.4 Å². The maximum Gasteiger partial charge on any atom is 0.257 e. The van der Waals surface area contributed by atoms with Crippen LogP contribution in [0, 0.1) is 0 Å². The molecule has 0 aromatic heterocycles. The van der Waals surface area contributed by atoms with Gasteiger partial charge in [-0.05, 0) is 24.3 Å². The second kappa shape index (κ2) is 7.94. The van der Waals surface area contributed by atoms with Crippen LogP contribution < -0.4 is 5.32 Å². The second-order valence-corrected chi connectivity index (χ2v) is 8.32. The highest BCUT2D eigenvalue weighted by atomic mass is 35.5. The topological polar surface area (TPSA) is 75.7 Å². The Kier molecular flexibility index (Phi) is 5.84. The minimum Gasteiger partial charge on any atom is -0.379 e. The lowest BCUT2D eigenvalue weighted by molar-refractivity contribution is 0.0730. The number of hydrogen-bond acceptors (Lipinski definition) is 4. The van der Waals surface area contributed by atoms with E-state index in [0.29, 0.717) is 18.9 Å². The smallest absolute Gasteiger partial charge is 0.257 e. The van der Waals surface area contributed by atoms with Gasteiger partial charge in [0.2, 0.25) is 10.0 Å². The molecule has 1 saturated heterocycles. The van der Waals surface area contributed by atoms with Gasteiger partial charge in [-0.2, -0.15) is 4.31 Å². The summed E-state index contributed by atoms with van der Waals surface area (Å²) in [5.41, 5.74) is 0.604. The van der Waals surface area contributed by atoms with E-state index in [4.69, 9.17) is 27.9 Å². The normalized spacial score (nSPS) is 15.6. The van der Waals surface area contributed by atoms with Gasteiger partial charge in [-0.1, -0.05) is 41.4 Å². The van der Waals surface area contributed by atoms with Crippen molar-refractivity contribution in [3.05, 3.63) is 58.1 Å². The molecule has 1 aliphatic heterocycles. The third-order valence-corrected chi connectivity index (χ3v) is 6.56. The van der Waals surface area contributed by atoms with Crippen LogP contribution in [0.4, 0.5) is 5.69 Å². The van der Waals surface area contributed by atoms with Crippen LogP contribution in [0.1, 0.15) is 10.4 Å². The van der Waals surface area contributed by atoms with E-state index in [2.05, 4.69) is 5.32 Å². The van der Waals surface area contributed by atoms with Gasteiger partial charge in [-0.3, -0.25) is 4.79 Å². The lowest BCUT2D eigenvalue weighted by atomic mass is 10.2. The van der Waals surface area contributed by atoms with Gasteiger partial charge in [0.1, 0.15) is 4.90 Å². The minimum absolute atomic E-state index is 0.0299. The summed E-state index contributed by atoms with van der Waals surface area (Å²) in [5.74, 6) is -0.517. The molecule has 0 radical (unpaired) electrons. The first-order valence-electron chi connectivity index (χ1n) is 7.83. The Balaban J connectivity index is 1.95. The highest BCUT2D eigenvalue weighted by Gasteiger charge is 2.30. The Morgan fingerprint density at radius 3 is 2.35 bits per heavy atom. The van der Waals surface area contributed by atoms with E-state index < -0.39 is 15.9 Å². The van der Waals surface area contributed by atoms with Crippen LogP contribution in [0.2, 0.25) is 10.0 Å². The summed E-state index contributed by atoms with van der Waals surface area (Å²) in [5, 5.41) is 2.73. The summed E-state index contributed by atoms with van der Waals surface area (Å²) in [6.45, 7) is 1.08. The number of halogens is 2. The number of carbonyl (C=O) groups excluding carboxylic acids is 1. The van der Waals surface area contributed by atoms with Gasteiger partial charge in [-0.25, -0.2) is 8.42 Å². The predicted octanol–water partition coefficient (Wildman–Crippen LogP) is 3.27. The van der Waals surface area contributed by atoms with E-state index in [1.54, 1.807) is 24.3 Å². The lowest BCUT2D eigenvalue weighted by Crippen LogP contribution is -2.40. The summed E-state index contributed by atoms with van der Waals surface area (Å²) >= 11 is 12.2. The Morgan fingerprint density at radius 1 is 1.04 bits per heavy atom. The first-order chi connectivity index (χ1) is 12.4. The Hall–Kier alpha value is -1.64. The Morgan fingerprint density at radius 2 is 1.69 bits per heavy atom. The van der Waals surface area contributed by atoms with Crippen LogP contribution in [-0.4, -0.2) is 44.9 Å². The molecule has 1 N–H and O–H groups in total. The number of hydrogen-bond donors (Lipinski definition) is 1. The number of nitrogens with one attached hydrogen (secondary N) is 1. The average molecular weight is 415 g/mol. The van der Waals surface area contributed by atoms with Crippen molar-refractivity contribution in [2.75, 3.05) is 31.6 Å². The van der Waals surface area contributed by atoms with Crippen molar-refractivity contribution in [1.82, 2.24) is 4.31 Å². The molecule has 0 atom stereocenters. The molecule has 6 nitrogen and oxygen atoms in total. The first-order valence-corrected chi connectivity index (χ1v) is 10.0. The average Bonchev–Trinajstić information content (AvgIpc) is 2.63. The molecule has 0 bridgehead atoms. The molecule has 3 rings (SSSR count). The number of sulfonamides is 1. The number of nitrogens with zero attached hydrogens (tertiary/aromatic N) is 1. The highest BCUT2D eigenvalue weighted by molar-refractivity contribution is 7.89. The third-order valence-electron chi connectivity index (χ3n) is 3.89. The highest BCUT2D eigenvalue weighted by Crippen LogP contribution is 2.31. The van der Waals surface area contributed by atoms with Crippen molar-refractivity contribution in [2.45, 2.75) is 4.90 Å². The summed E-state index contributed by atoms with van der Waals surface area (Å²) < 4.78 is 32.2. The predicted molar refractivity (Wildman–Crippen MR) is 100 cm³/mol. The molecule has 1 amide bonds. The molecule has 0 saturated carbocycles. The number of rotatable bonds is 4. The van der Waals surface area contributed by atoms with Crippen molar-refractivity contribution < 1.29 is 17.9 Å². The van der Waals surface area contributed by atoms with Crippen molar-refractivity contribution in [1.29, 1.82) is 0 Å². The zero-order chi connectivity index (χ0) is 18.7. The molecule has 9 heteroatoms. The summed E-state index contributed by atoms with van der Waals surface area (Å²) in [6, 6.07) is 11.3. The minimum atomic E-state index is -3.86. The molecule has 0 aliphatic carbocycles. The van der Waals surface area contributed by atoms with Gasteiger partial charge >= 0.3 is 0 Å². The second-order valence-electron chi connectivity index (χ2n) is 5.60. The maximum atomic E-state index is 12.9. The van der Waals surface area contributed by atoms with Crippen LogP contribution in [-0.2, 0) is 14.8 Å². The summed E-state index contributed by atoms with van der Waals surface area (Å²) in [6.07, 6.45) is 0. The molecule has 0 spiro atoms. The van der Waals surface area contributed by atoms with Crippen LogP contribution >= 0.6 is 23.2 Å². The van der Waals surface area contributed by atoms with Crippen molar-refractivity contribution in [3.63, 3.8) is 0 Å². The van der Waals surface area contributed by atoms with Gasteiger partial charge in [0.15, 0.2) is 0 Å². The van der Waals surface area contributed by atoms with Crippen molar-refractivity contribution >= 4 is 44.8 Å². The molecular formula is C17H16Cl2N2O4S. The van der Waals surface area contributed by atoms with Gasteiger partial charge in [0.05, 0.1) is 28.8 Å². The van der Waals surface area contributed by atoms with Gasteiger partial charge in [-0.15, -0.1) is 0 Å². The quantitative estimate of drug-likeness (QED) is 0.832. The van der Waals surface area contributed by atoms with E-state index in [1.807, 2.05) is 6.07 Å². The number of morpholine rings is 1. The van der Waals surface area contributed by atoms with Crippen LogP contribution in [0.5, 0.6) is 0 Å². The monoisotopic (exact) mass is 414 g/mol. The molecule has 26 heavy (non-hydrogen) atoms. The van der Waals surface area contributed by atoms with Crippen LogP contribution in [0.15, 0.2) is 47.4 Å². The third kappa shape index (κ3) is 4.02. The SMILES string of the molecule is O=C(Nc1ccccc1)c1cc(S(=O)(=O)N2CCOCC2)c(Cl)cc1Cl. The number of benzene rings is 2. The molecule has 1 aliphatic rings. The number of anilines is 1. The standard InChI is InChI=1S/C17H16Cl2N2O4S/c18-14-11-15(19)16(26(23,24)21-6-8-25-9-7-21)10-13(14)17(22)20-12-4-2-1-3-5-12/h1-5,10-11H,6-9H2,(H,20,22). The van der Waals surface area contributed by atoms with Gasteiger partial charge in [0.25, 0.3) is 5.91 Å². The molecule has 2 aromatic carbocycles. The van der Waals surface area contributed by atoms with Gasteiger partial charge in [0, 0.05) is 18.8 Å². The fraction of sp³-hybridized carbons (Fsp3) is 0.235. The Labute approximate surface area is 161 Å². The van der Waals surface area contributed by atoms with E-state index in [9.17, 15) is 13.2 Å². The lowest BCUT2D eigenvalue weighted by Gasteiger charge is -2.26. The van der Waals surface area contributed by atoms with E-state index >= 15 is 0 Å². The summed E-state index contributed by atoms with van der Waals surface area (Å²) in [4.78, 5) is 12.4. The molecule has 0 unspecified atom stereocenters. The van der Waals surface area contributed by atoms with Crippen LogP contribution in [0.25, 0.3) is 0 Å².